The number of hydrogen-bond donors (Lipinski definition) is 1. The van der Waals surface area contributed by atoms with E-state index in [1.165, 1.54) is 12.5 Å². The van der Waals surface area contributed by atoms with Gasteiger partial charge < -0.3 is 10.1 Å². The molecule has 0 aromatic heterocycles. The summed E-state index contributed by atoms with van der Waals surface area (Å²) in [6.45, 7) is 3.59. The molecule has 0 spiro atoms. The molecule has 1 N–H and O–H groups in total. The smallest absolute Gasteiger partial charge is 0.271 e. The first kappa shape index (κ1) is 13.8. The van der Waals surface area contributed by atoms with Gasteiger partial charge in [0.05, 0.1) is 11.0 Å². The van der Waals surface area contributed by atoms with Gasteiger partial charge in [-0.2, -0.15) is 0 Å². The van der Waals surface area contributed by atoms with Gasteiger partial charge >= 0.3 is 0 Å². The Morgan fingerprint density at radius 1 is 1.47 bits per heavy atom. The number of ether oxygens (including phenoxy) is 1. The van der Waals surface area contributed by atoms with Crippen LogP contribution in [0.4, 0.5) is 11.4 Å². The van der Waals surface area contributed by atoms with E-state index in [9.17, 15) is 10.1 Å². The fourth-order valence-electron chi connectivity index (χ4n) is 2.32. The zero-order valence-electron chi connectivity index (χ0n) is 11.2. The Morgan fingerprint density at radius 3 is 3.00 bits per heavy atom. The summed E-state index contributed by atoms with van der Waals surface area (Å²) in [5.74, 6) is 0. The molecule has 104 valence electrons. The molecule has 1 heterocycles. The van der Waals surface area contributed by atoms with Crippen LogP contribution < -0.4 is 5.32 Å². The molecule has 2 rings (SSSR count). The lowest BCUT2D eigenvalue weighted by molar-refractivity contribution is -0.384. The van der Waals surface area contributed by atoms with Crippen molar-refractivity contribution in [1.29, 1.82) is 0 Å². The second-order valence-corrected chi connectivity index (χ2v) is 4.96. The van der Waals surface area contributed by atoms with Crippen molar-refractivity contribution in [2.75, 3.05) is 18.5 Å². The minimum absolute atomic E-state index is 0.127. The van der Waals surface area contributed by atoms with Gasteiger partial charge in [0.25, 0.3) is 5.69 Å². The minimum atomic E-state index is -0.366. The summed E-state index contributed by atoms with van der Waals surface area (Å²) in [7, 11) is 0. The van der Waals surface area contributed by atoms with Gasteiger partial charge in [-0.1, -0.05) is 6.07 Å². The molecule has 1 atom stereocenters. The van der Waals surface area contributed by atoms with E-state index in [1.54, 1.807) is 12.1 Å². The first-order valence-corrected chi connectivity index (χ1v) is 6.77. The molecule has 0 aliphatic carbocycles. The van der Waals surface area contributed by atoms with Gasteiger partial charge in [-0.25, -0.2) is 0 Å². The molecule has 1 saturated heterocycles. The van der Waals surface area contributed by atoms with Crippen LogP contribution in [0.2, 0.25) is 0 Å². The average molecular weight is 264 g/mol. The quantitative estimate of drug-likeness (QED) is 0.654. The summed E-state index contributed by atoms with van der Waals surface area (Å²) in [6, 6.07) is 4.90. The van der Waals surface area contributed by atoms with Crippen LogP contribution in [0.1, 0.15) is 31.2 Å². The van der Waals surface area contributed by atoms with Crippen molar-refractivity contribution in [2.24, 2.45) is 0 Å². The second-order valence-electron chi connectivity index (χ2n) is 4.96. The number of rotatable bonds is 5. The summed E-state index contributed by atoms with van der Waals surface area (Å²) < 4.78 is 5.66. The molecule has 19 heavy (non-hydrogen) atoms. The van der Waals surface area contributed by atoms with E-state index in [0.717, 1.165) is 43.7 Å². The predicted octanol–water partition coefficient (Wildman–Crippen LogP) is 3.27. The lowest BCUT2D eigenvalue weighted by Crippen LogP contribution is -2.22. The third-order valence-corrected chi connectivity index (χ3v) is 3.49. The van der Waals surface area contributed by atoms with Gasteiger partial charge in [0, 0.05) is 31.0 Å². The second kappa shape index (κ2) is 6.52. The number of nitrogens with one attached hydrogen (secondary N) is 1. The molecule has 5 heteroatoms. The summed E-state index contributed by atoms with van der Waals surface area (Å²) >= 11 is 0. The van der Waals surface area contributed by atoms with Crippen LogP contribution in [0.25, 0.3) is 0 Å². The summed E-state index contributed by atoms with van der Waals surface area (Å²) in [5.41, 5.74) is 1.99. The molecule has 1 unspecified atom stereocenters. The standard InChI is InChI=1S/C14H20N2O3/c1-11-5-6-12(16(17)18)10-14(11)15-8-7-13-4-2-3-9-19-13/h5-6,10,13,15H,2-4,7-9H2,1H3. The largest absolute Gasteiger partial charge is 0.385 e. The van der Waals surface area contributed by atoms with E-state index in [4.69, 9.17) is 4.74 Å². The average Bonchev–Trinajstić information content (AvgIpc) is 2.42. The predicted molar refractivity (Wildman–Crippen MR) is 74.5 cm³/mol. The maximum absolute atomic E-state index is 10.7. The fourth-order valence-corrected chi connectivity index (χ4v) is 2.32. The van der Waals surface area contributed by atoms with Crippen LogP contribution >= 0.6 is 0 Å². The topological polar surface area (TPSA) is 64.4 Å². The number of anilines is 1. The van der Waals surface area contributed by atoms with Crippen LogP contribution in [0.15, 0.2) is 18.2 Å². The third-order valence-electron chi connectivity index (χ3n) is 3.49. The Morgan fingerprint density at radius 2 is 2.32 bits per heavy atom. The molecule has 1 aromatic rings. The highest BCUT2D eigenvalue weighted by atomic mass is 16.6. The molecule has 1 fully saturated rings. The van der Waals surface area contributed by atoms with Crippen LogP contribution in [0.5, 0.6) is 0 Å². The fraction of sp³-hybridized carbons (Fsp3) is 0.571. The van der Waals surface area contributed by atoms with E-state index in [-0.39, 0.29) is 10.6 Å². The number of aryl methyl sites for hydroxylation is 1. The SMILES string of the molecule is Cc1ccc([N+](=O)[O-])cc1NCCC1CCCCO1. The van der Waals surface area contributed by atoms with Crippen molar-refractivity contribution in [2.45, 2.75) is 38.7 Å². The Labute approximate surface area is 113 Å². The van der Waals surface area contributed by atoms with Gasteiger partial charge in [0.1, 0.15) is 0 Å². The highest BCUT2D eigenvalue weighted by Crippen LogP contribution is 2.22. The first-order chi connectivity index (χ1) is 9.16. The molecule has 0 radical (unpaired) electrons. The van der Waals surface area contributed by atoms with E-state index in [0.29, 0.717) is 6.10 Å². The van der Waals surface area contributed by atoms with Crippen LogP contribution in [-0.4, -0.2) is 24.2 Å². The lowest BCUT2D eigenvalue weighted by atomic mass is 10.1. The van der Waals surface area contributed by atoms with Gasteiger partial charge in [-0.3, -0.25) is 10.1 Å². The van der Waals surface area contributed by atoms with E-state index in [2.05, 4.69) is 5.32 Å². The number of nitrogens with zero attached hydrogens (tertiary/aromatic N) is 1. The van der Waals surface area contributed by atoms with Crippen molar-refractivity contribution in [3.63, 3.8) is 0 Å². The van der Waals surface area contributed by atoms with Crippen molar-refractivity contribution in [3.05, 3.63) is 33.9 Å². The number of nitro benzene ring substituents is 1. The Bertz CT molecular complexity index is 442. The maximum Gasteiger partial charge on any atom is 0.271 e. The van der Waals surface area contributed by atoms with Crippen molar-refractivity contribution < 1.29 is 9.66 Å². The van der Waals surface area contributed by atoms with Crippen molar-refractivity contribution in [1.82, 2.24) is 0 Å². The Hall–Kier alpha value is -1.62. The molecule has 0 saturated carbocycles. The Kier molecular flexibility index (Phi) is 4.74. The van der Waals surface area contributed by atoms with E-state index >= 15 is 0 Å². The molecule has 0 amide bonds. The van der Waals surface area contributed by atoms with Crippen LogP contribution in [0.3, 0.4) is 0 Å². The van der Waals surface area contributed by atoms with Gasteiger partial charge in [-0.05, 0) is 38.2 Å². The molecule has 1 aliphatic rings. The normalized spacial score (nSPS) is 19.1. The summed E-state index contributed by atoms with van der Waals surface area (Å²) in [6.07, 6.45) is 4.80. The first-order valence-electron chi connectivity index (χ1n) is 6.77. The zero-order valence-corrected chi connectivity index (χ0v) is 11.2. The summed E-state index contributed by atoms with van der Waals surface area (Å²) in [5, 5.41) is 14.0. The number of non-ortho nitro benzene ring substituents is 1. The highest BCUT2D eigenvalue weighted by molar-refractivity contribution is 5.56. The number of nitro groups is 1. The van der Waals surface area contributed by atoms with Crippen molar-refractivity contribution >= 4 is 11.4 Å². The van der Waals surface area contributed by atoms with Gasteiger partial charge in [-0.15, -0.1) is 0 Å². The lowest BCUT2D eigenvalue weighted by Gasteiger charge is -2.22. The van der Waals surface area contributed by atoms with Crippen LogP contribution in [-0.2, 0) is 4.74 Å². The van der Waals surface area contributed by atoms with Gasteiger partial charge in [0.15, 0.2) is 0 Å². The third kappa shape index (κ3) is 3.92. The van der Waals surface area contributed by atoms with Crippen molar-refractivity contribution in [3.8, 4) is 0 Å². The zero-order chi connectivity index (χ0) is 13.7. The number of hydrogen-bond acceptors (Lipinski definition) is 4. The van der Waals surface area contributed by atoms with E-state index in [1.807, 2.05) is 6.92 Å². The highest BCUT2D eigenvalue weighted by Gasteiger charge is 2.14. The summed E-state index contributed by atoms with van der Waals surface area (Å²) in [4.78, 5) is 10.4. The molecule has 1 aliphatic heterocycles. The minimum Gasteiger partial charge on any atom is -0.385 e. The molecule has 0 bridgehead atoms. The van der Waals surface area contributed by atoms with E-state index < -0.39 is 0 Å². The molecular formula is C14H20N2O3. The van der Waals surface area contributed by atoms with Gasteiger partial charge in [0.2, 0.25) is 0 Å². The molecular weight excluding hydrogens is 244 g/mol. The number of benzene rings is 1. The monoisotopic (exact) mass is 264 g/mol. The Balaban J connectivity index is 1.87. The molecule has 5 nitrogen and oxygen atoms in total. The maximum atomic E-state index is 10.7. The van der Waals surface area contributed by atoms with Crippen LogP contribution in [0, 0.1) is 17.0 Å². The molecule has 1 aromatic carbocycles.